The number of allylic oxidation sites excluding steroid dienone is 2. The molecule has 0 saturated carbocycles. The van der Waals surface area contributed by atoms with E-state index in [0.29, 0.717) is 0 Å². The largest absolute Gasteiger partial charge is 0.463 e. The van der Waals surface area contributed by atoms with E-state index in [9.17, 15) is 9.13 Å². The monoisotopic (exact) mass is 518 g/mol. The highest BCUT2D eigenvalue weighted by Gasteiger charge is 2.44. The highest BCUT2D eigenvalue weighted by molar-refractivity contribution is 7.65. The van der Waals surface area contributed by atoms with Crippen LogP contribution in [0.25, 0.3) is 0 Å². The smallest absolute Gasteiger partial charge is 0.413 e. The van der Waals surface area contributed by atoms with Gasteiger partial charge in [0.05, 0.1) is 10.6 Å². The van der Waals surface area contributed by atoms with Gasteiger partial charge in [0, 0.05) is 0 Å². The Morgan fingerprint density at radius 1 is 0.417 bits per heavy atom. The van der Waals surface area contributed by atoms with Crippen molar-refractivity contribution in [1.29, 1.82) is 0 Å². The molecular formula is C28H24O6P2. The molecule has 4 rings (SSSR count). The van der Waals surface area contributed by atoms with Gasteiger partial charge < -0.3 is 18.1 Å². The molecule has 0 unspecified atom stereocenters. The first-order valence-corrected chi connectivity index (χ1v) is 14.0. The van der Waals surface area contributed by atoms with Crippen LogP contribution in [0.1, 0.15) is 0 Å². The van der Waals surface area contributed by atoms with E-state index in [1.807, 2.05) is 0 Å². The molecule has 4 aromatic carbocycles. The molecule has 0 aromatic heterocycles. The van der Waals surface area contributed by atoms with Gasteiger partial charge in [-0.25, -0.2) is 9.13 Å². The Morgan fingerprint density at radius 3 is 0.806 bits per heavy atom. The number of benzene rings is 4. The van der Waals surface area contributed by atoms with Gasteiger partial charge >= 0.3 is 15.2 Å². The summed E-state index contributed by atoms with van der Waals surface area (Å²) >= 11 is 0. The molecule has 0 spiro atoms. The molecule has 0 heterocycles. The number of hydrogen-bond donors (Lipinski definition) is 0. The van der Waals surface area contributed by atoms with Gasteiger partial charge in [0.25, 0.3) is 0 Å². The van der Waals surface area contributed by atoms with E-state index in [4.69, 9.17) is 18.1 Å². The van der Waals surface area contributed by atoms with Crippen molar-refractivity contribution in [3.05, 3.63) is 145 Å². The minimum atomic E-state index is -4.24. The molecule has 0 amide bonds. The van der Waals surface area contributed by atoms with Gasteiger partial charge in [0.2, 0.25) is 0 Å². The van der Waals surface area contributed by atoms with Crippen molar-refractivity contribution >= 4 is 15.2 Å². The van der Waals surface area contributed by atoms with Gasteiger partial charge in [-0.1, -0.05) is 86.0 Å². The highest BCUT2D eigenvalue weighted by atomic mass is 31.2. The van der Waals surface area contributed by atoms with Crippen LogP contribution in [0.2, 0.25) is 0 Å². The number of rotatable bonds is 11. The van der Waals surface area contributed by atoms with E-state index in [2.05, 4.69) is 13.2 Å². The van der Waals surface area contributed by atoms with E-state index < -0.39 is 15.2 Å². The lowest BCUT2D eigenvalue weighted by atomic mass is 10.3. The van der Waals surface area contributed by atoms with Crippen molar-refractivity contribution in [2.45, 2.75) is 0 Å². The summed E-state index contributed by atoms with van der Waals surface area (Å²) in [5.74, 6) is 1.09. The van der Waals surface area contributed by atoms with Gasteiger partial charge in [-0.05, 0) is 48.5 Å². The maximum Gasteiger partial charge on any atom is 0.463 e. The molecule has 0 bridgehead atoms. The Morgan fingerprint density at radius 2 is 0.611 bits per heavy atom. The Bertz CT molecular complexity index is 1210. The zero-order valence-corrected chi connectivity index (χ0v) is 21.1. The Hall–Kier alpha value is -3.98. The summed E-state index contributed by atoms with van der Waals surface area (Å²) in [6.45, 7) is 7.85. The fraction of sp³-hybridized carbons (Fsp3) is 0. The van der Waals surface area contributed by atoms with E-state index in [1.165, 1.54) is 0 Å². The third kappa shape index (κ3) is 6.17. The van der Waals surface area contributed by atoms with Crippen LogP contribution in [-0.4, -0.2) is 0 Å². The summed E-state index contributed by atoms with van der Waals surface area (Å²) in [4.78, 5) is 0. The first-order valence-electron chi connectivity index (χ1n) is 11.0. The molecule has 182 valence electrons. The zero-order chi connectivity index (χ0) is 25.4. The minimum Gasteiger partial charge on any atom is -0.413 e. The van der Waals surface area contributed by atoms with Crippen molar-refractivity contribution in [2.75, 3.05) is 0 Å². The Balaban J connectivity index is 1.72. The zero-order valence-electron chi connectivity index (χ0n) is 19.3. The van der Waals surface area contributed by atoms with Crippen LogP contribution in [-0.2, 0) is 9.13 Å². The van der Waals surface area contributed by atoms with Crippen LogP contribution in [0.4, 0.5) is 0 Å². The predicted octanol–water partition coefficient (Wildman–Crippen LogP) is 8.72. The molecule has 6 nitrogen and oxygen atoms in total. The van der Waals surface area contributed by atoms with Crippen LogP contribution in [0, 0.1) is 0 Å². The van der Waals surface area contributed by atoms with Gasteiger partial charge in [0.15, 0.2) is 0 Å². The van der Waals surface area contributed by atoms with Crippen molar-refractivity contribution in [3.63, 3.8) is 0 Å². The summed E-state index contributed by atoms with van der Waals surface area (Å²) in [6, 6.07) is 33.9. The summed E-state index contributed by atoms with van der Waals surface area (Å²) in [5.41, 5.74) is 0. The maximum atomic E-state index is 14.2. The van der Waals surface area contributed by atoms with Crippen molar-refractivity contribution in [3.8, 4) is 23.0 Å². The van der Waals surface area contributed by atoms with Crippen molar-refractivity contribution in [1.82, 2.24) is 0 Å². The molecule has 8 heteroatoms. The number of para-hydroxylation sites is 4. The maximum absolute atomic E-state index is 14.2. The van der Waals surface area contributed by atoms with E-state index in [0.717, 1.165) is 0 Å². The minimum absolute atomic E-state index is 0.245. The summed E-state index contributed by atoms with van der Waals surface area (Å²) in [7, 11) is -8.48. The lowest BCUT2D eigenvalue weighted by Crippen LogP contribution is -2.09. The van der Waals surface area contributed by atoms with E-state index in [1.54, 1.807) is 121 Å². The first-order chi connectivity index (χ1) is 17.4. The molecule has 0 saturated heterocycles. The van der Waals surface area contributed by atoms with Gasteiger partial charge in [-0.2, -0.15) is 0 Å². The van der Waals surface area contributed by atoms with Gasteiger partial charge in [0.1, 0.15) is 23.0 Å². The SMILES string of the molecule is C=C(C(=C)P(=O)(Oc1ccccc1)Oc1ccccc1)P(=O)(Oc1ccccc1)Oc1ccccc1. The van der Waals surface area contributed by atoms with Gasteiger partial charge in [-0.3, -0.25) is 0 Å². The molecule has 0 fully saturated rings. The fourth-order valence-electron chi connectivity index (χ4n) is 3.05. The molecule has 4 aromatic rings. The first kappa shape index (κ1) is 25.1. The third-order valence-electron chi connectivity index (χ3n) is 4.87. The standard InChI is InChI=1S/C28H24O6P2/c1-23(35(29,31-25-15-7-3-8-16-25)32-26-17-9-4-10-18-26)24(2)36(30,33-27-19-11-5-12-20-27)34-28-21-13-6-14-22-28/h3-22H,1-2H2. The lowest BCUT2D eigenvalue weighted by molar-refractivity contribution is 0.387. The van der Waals surface area contributed by atoms with Crippen LogP contribution >= 0.6 is 15.2 Å². The second-order valence-electron chi connectivity index (χ2n) is 7.51. The molecule has 0 atom stereocenters. The molecule has 36 heavy (non-hydrogen) atoms. The second-order valence-corrected chi connectivity index (χ2v) is 11.3. The molecular weight excluding hydrogens is 494 g/mol. The molecule has 0 N–H and O–H groups in total. The lowest BCUT2D eigenvalue weighted by Gasteiger charge is -2.26. The summed E-state index contributed by atoms with van der Waals surface area (Å²) < 4.78 is 51.7. The average molecular weight is 518 g/mol. The third-order valence-corrected chi connectivity index (χ3v) is 8.71. The van der Waals surface area contributed by atoms with E-state index >= 15 is 0 Å². The van der Waals surface area contributed by atoms with Gasteiger partial charge in [-0.15, -0.1) is 0 Å². The van der Waals surface area contributed by atoms with Crippen LogP contribution in [0.15, 0.2) is 145 Å². The second kappa shape index (κ2) is 11.2. The normalized spacial score (nSPS) is 11.2. The molecule has 0 aliphatic carbocycles. The number of hydrogen-bond acceptors (Lipinski definition) is 6. The summed E-state index contributed by atoms with van der Waals surface area (Å²) in [6.07, 6.45) is 0. The van der Waals surface area contributed by atoms with Crippen LogP contribution < -0.4 is 18.1 Å². The van der Waals surface area contributed by atoms with Crippen molar-refractivity contribution < 1.29 is 27.2 Å². The van der Waals surface area contributed by atoms with Crippen LogP contribution in [0.3, 0.4) is 0 Å². The van der Waals surface area contributed by atoms with E-state index in [-0.39, 0.29) is 33.6 Å². The molecule has 0 aliphatic heterocycles. The topological polar surface area (TPSA) is 71.1 Å². The Labute approximate surface area is 210 Å². The molecule has 0 radical (unpaired) electrons. The average Bonchev–Trinajstić information content (AvgIpc) is 2.90. The van der Waals surface area contributed by atoms with Crippen LogP contribution in [0.5, 0.6) is 23.0 Å². The van der Waals surface area contributed by atoms with Crippen molar-refractivity contribution in [2.24, 2.45) is 0 Å². The predicted molar refractivity (Wildman–Crippen MR) is 142 cm³/mol. The Kier molecular flexibility index (Phi) is 7.80. The molecule has 0 aliphatic rings. The quantitative estimate of drug-likeness (QED) is 0.146. The summed E-state index contributed by atoms with van der Waals surface area (Å²) in [5, 5.41) is -0.490. The highest BCUT2D eigenvalue weighted by Crippen LogP contribution is 2.66. The fourth-order valence-corrected chi connectivity index (χ4v) is 6.53.